The maximum absolute atomic E-state index is 14.3. The number of aliphatic carboxylic acids is 1. The number of ether oxygens (including phenoxy) is 5. The highest BCUT2D eigenvalue weighted by atomic mass is 32.1. The Morgan fingerprint density at radius 1 is 0.591 bits per heavy atom. The fourth-order valence-corrected chi connectivity index (χ4v) is 17.5. The van der Waals surface area contributed by atoms with Gasteiger partial charge in [0.1, 0.15) is 40.5 Å². The molecule has 8 atom stereocenters. The molecule has 33 nitrogen and oxygen atoms in total. The fourth-order valence-electron chi connectivity index (χ4n) is 17.3. The molecular weight excluding hydrogens is 1780 g/mol. The van der Waals surface area contributed by atoms with E-state index in [4.69, 9.17) is 46.7 Å². The molecule has 3 aliphatic heterocycles. The number of nitrogens with zero attached hydrogens (tertiary/aromatic N) is 1. The topological polar surface area (TPSA) is 495 Å². The molecule has 0 saturated carbocycles. The molecule has 0 aromatic heterocycles. The van der Waals surface area contributed by atoms with Crippen LogP contribution in [0.5, 0.6) is 51.7 Å². The van der Waals surface area contributed by atoms with Gasteiger partial charge in [-0.25, -0.2) is 9.59 Å². The van der Waals surface area contributed by atoms with E-state index in [9.17, 15) is 82.8 Å². The molecule has 0 radical (unpaired) electrons. The highest BCUT2D eigenvalue weighted by Crippen LogP contribution is 2.58. The normalized spacial score (nSPS) is 15.1. The molecule has 1 spiro atoms. The van der Waals surface area contributed by atoms with E-state index in [-0.39, 0.29) is 140 Å². The number of likely N-dealkylation sites (tertiary alicyclic amines) is 1. The predicted octanol–water partition coefficient (Wildman–Crippen LogP) is 12.3. The summed E-state index contributed by atoms with van der Waals surface area (Å²) in [6.07, 6.45) is 4.80. The number of carboxylic acids is 1. The van der Waals surface area contributed by atoms with Gasteiger partial charge in [0.2, 0.25) is 46.6 Å². The smallest absolute Gasteiger partial charge is 0.340 e. The Hall–Kier alpha value is -14.4. The average Bonchev–Trinajstić information content (AvgIpc) is 1.54. The summed E-state index contributed by atoms with van der Waals surface area (Å²) in [7, 11) is 6.24. The number of methoxy groups -OCH3 is 3. The monoisotopic (exact) mass is 1900 g/mol. The van der Waals surface area contributed by atoms with Gasteiger partial charge >= 0.3 is 18.0 Å². The lowest BCUT2D eigenvalue weighted by Crippen LogP contribution is -2.52. The number of urea groups is 1. The lowest BCUT2D eigenvalue weighted by atomic mass is 9.77. The Balaban J connectivity index is 0.000000218. The summed E-state index contributed by atoms with van der Waals surface area (Å²) in [4.78, 5) is 169. The SMILES string of the molecule is CCC(=O)[C@H](CCc1ccccc1)NC(=O)CCC(=O)[C@H](CCCNC(N)=O)NC(=O)[C@@H]1CCCN1C(=O)[C@@H](C)CCC(=O)O.CNC(=O)CCNC(=S)Nc1ccc2c(c1)C(=O)OC21c2ccc(O)cc2Oc2cc(O)ccc21.COc1cc2c(c(OC)c1OC)-c1ccc(NC(=O)[C@@H](CC(=O)[C@H](CC(C)C)NC(=O)[C@@H](C)Cc3ccc(O)cc3)Cc3ccc(O)cc3)c(=O)cc1[C@@H](C)CC2. The molecule has 0 unspecified atom stereocenters. The van der Waals surface area contributed by atoms with Gasteiger partial charge in [0.25, 0.3) is 0 Å². The van der Waals surface area contributed by atoms with E-state index in [2.05, 4.69) is 49.5 Å². The molecule has 8 amide bonds. The van der Waals surface area contributed by atoms with Gasteiger partial charge in [-0.05, 0) is 213 Å². The van der Waals surface area contributed by atoms with Crippen molar-refractivity contribution in [2.75, 3.05) is 58.6 Å². The summed E-state index contributed by atoms with van der Waals surface area (Å²) in [6, 6.07) is 39.9. The number of primary amides is 1. The standard InChI is InChI=1S/C46H54N2O9.C32H47N5O8.C25H21N3O6S/c1-26(2)20-38(48-45(53)28(4)21-29-9-14-33(49)15-10-29)39(51)23-32(22-30-11-16-34(50)17-12-30)46(54)47-37-19-18-35-36(25-40(37)52)27(3)8-13-31-24-41(55-5)43(56-6)44(57-7)42(31)35;1-3-26(38)24(15-14-22-9-5-4-6-10-22)35-28(40)17-16-27(39)23(11-7-19-34-32(33)45)36-30(43)25-12-8-20-37(25)31(44)21(2)13-18-29(41)42;1-26-22(31)8-9-27-24(35)28-13-2-5-17-16(10-13)23(32)34-25(17)18-6-3-14(29)11-20(18)33-21-12-15(30)4-7-19(21)25/h9-12,14-19,24-28,32,38,49-50H,8,13,20-23H2,1-7H3,(H,48,53)(H,47,52,54);4-6,9-10,21,23-25H,3,7-8,11-20H2,1-2H3,(H,35,40)(H,36,43)(H,41,42)(H3,33,34,45);2-7,10-12,29-30H,8-9H2,1H3,(H,26,31)(H2,27,28,35)/t27-,28-,32+,38-;21-,23-,24-,25-;/m00./s1. The Kier molecular flexibility index (Phi) is 37.6. The zero-order valence-corrected chi connectivity index (χ0v) is 79.4. The fraction of sp³-hybridized carbons (Fsp3) is 0.398. The Labute approximate surface area is 800 Å². The number of phenols is 4. The number of hydrogen-bond donors (Lipinski definition) is 14. The minimum atomic E-state index is -1.32. The molecule has 1 aliphatic carbocycles. The number of nitrogens with two attached hydrogens (primary N) is 1. The van der Waals surface area contributed by atoms with Crippen molar-refractivity contribution < 1.29 is 107 Å². The average molecular weight is 1900 g/mol. The molecule has 8 aromatic rings. The highest BCUT2D eigenvalue weighted by Gasteiger charge is 2.54. The van der Waals surface area contributed by atoms with Crippen molar-refractivity contribution in [3.8, 4) is 62.9 Å². The second kappa shape index (κ2) is 49.2. The number of esters is 1. The largest absolute Gasteiger partial charge is 0.508 e. The number of benzene rings is 7. The van der Waals surface area contributed by atoms with Crippen molar-refractivity contribution in [1.82, 2.24) is 36.8 Å². The third kappa shape index (κ3) is 27.9. The number of anilines is 2. The van der Waals surface area contributed by atoms with Crippen LogP contribution in [-0.4, -0.2) is 178 Å². The van der Waals surface area contributed by atoms with Gasteiger partial charge in [0.15, 0.2) is 39.6 Å². The third-order valence-corrected chi connectivity index (χ3v) is 24.8. The van der Waals surface area contributed by atoms with Gasteiger partial charge in [-0.2, -0.15) is 0 Å². The van der Waals surface area contributed by atoms with Crippen LogP contribution in [0.2, 0.25) is 0 Å². The van der Waals surface area contributed by atoms with Crippen LogP contribution in [0, 0.1) is 23.7 Å². The Morgan fingerprint density at radius 2 is 1.23 bits per heavy atom. The van der Waals surface area contributed by atoms with Gasteiger partial charge in [0, 0.05) is 123 Å². The number of nitrogens with one attached hydrogen (secondary N) is 8. The zero-order chi connectivity index (χ0) is 99.5. The van der Waals surface area contributed by atoms with Crippen molar-refractivity contribution in [1.29, 1.82) is 0 Å². The number of carboxylic acid groups (broad SMARTS) is 1. The molecule has 1 saturated heterocycles. The van der Waals surface area contributed by atoms with Crippen LogP contribution in [0.1, 0.15) is 192 Å². The van der Waals surface area contributed by atoms with E-state index < -0.39 is 89.0 Å². The molecule has 728 valence electrons. The van der Waals surface area contributed by atoms with Crippen molar-refractivity contribution in [2.24, 2.45) is 29.4 Å². The second-order valence-corrected chi connectivity index (χ2v) is 35.4. The number of carbonyl (C=O) groups is 12. The molecule has 137 heavy (non-hydrogen) atoms. The Bertz CT molecular complexity index is 5750. The van der Waals surface area contributed by atoms with E-state index in [1.165, 1.54) is 41.3 Å². The van der Waals surface area contributed by atoms with Crippen LogP contribution < -0.4 is 72.6 Å². The van der Waals surface area contributed by atoms with Crippen LogP contribution in [0.25, 0.3) is 11.1 Å². The number of aromatic hydroxyl groups is 4. The number of hydrogen-bond acceptors (Lipinski definition) is 23. The molecule has 1 fully saturated rings. The second-order valence-electron chi connectivity index (χ2n) is 35.0. The number of thiocarbonyl (C=S) groups is 1. The van der Waals surface area contributed by atoms with Gasteiger partial charge in [-0.3, -0.25) is 52.7 Å². The molecule has 0 bridgehead atoms. The molecule has 3 heterocycles. The van der Waals surface area contributed by atoms with Gasteiger partial charge in [-0.1, -0.05) is 108 Å². The maximum Gasteiger partial charge on any atom is 0.340 e. The summed E-state index contributed by atoms with van der Waals surface area (Å²) >= 11 is 5.29. The highest BCUT2D eigenvalue weighted by molar-refractivity contribution is 7.80. The lowest BCUT2D eigenvalue weighted by molar-refractivity contribution is -0.143. The first-order valence-electron chi connectivity index (χ1n) is 45.9. The number of ketones is 3. The molecule has 4 aliphatic rings. The number of Topliss-reactive ketones (excluding diaryl/α,β-unsaturated/α-hetero) is 3. The van der Waals surface area contributed by atoms with E-state index >= 15 is 0 Å². The number of rotatable bonds is 40. The van der Waals surface area contributed by atoms with E-state index in [1.54, 1.807) is 128 Å². The third-order valence-electron chi connectivity index (χ3n) is 24.6. The first kappa shape index (κ1) is 105. The number of phenolic OH excluding ortho intramolecular Hbond substituents is 4. The number of fused-ring (bicyclic) bond motifs is 9. The van der Waals surface area contributed by atoms with Crippen molar-refractivity contribution in [3.05, 3.63) is 218 Å². The lowest BCUT2D eigenvalue weighted by Gasteiger charge is -2.36. The molecular formula is C103H122N10O23S. The van der Waals surface area contributed by atoms with Gasteiger partial charge < -0.3 is 102 Å². The van der Waals surface area contributed by atoms with Crippen LogP contribution in [-0.2, 0) is 84.0 Å². The molecule has 8 aromatic carbocycles. The summed E-state index contributed by atoms with van der Waals surface area (Å²) in [5.41, 5.74) is 12.0. The molecule has 12 rings (SSSR count). The zero-order valence-electron chi connectivity index (χ0n) is 78.6. The van der Waals surface area contributed by atoms with Crippen molar-refractivity contribution >= 4 is 99.5 Å². The Morgan fingerprint density at radius 3 is 1.84 bits per heavy atom. The van der Waals surface area contributed by atoms with Crippen molar-refractivity contribution in [2.45, 2.75) is 193 Å². The van der Waals surface area contributed by atoms with Gasteiger partial charge in [-0.15, -0.1) is 0 Å². The first-order chi connectivity index (χ1) is 65.4. The van der Waals surface area contributed by atoms with E-state index in [1.807, 2.05) is 56.3 Å². The quantitative estimate of drug-likeness (QED) is 0.00963. The summed E-state index contributed by atoms with van der Waals surface area (Å²) < 4.78 is 29.2. The van der Waals surface area contributed by atoms with Crippen molar-refractivity contribution in [3.63, 3.8) is 0 Å². The maximum atomic E-state index is 14.3. The first-order valence-corrected chi connectivity index (χ1v) is 46.3. The summed E-state index contributed by atoms with van der Waals surface area (Å²) in [5.74, 6) is -4.21. The van der Waals surface area contributed by atoms with Gasteiger partial charge in [0.05, 0.1) is 50.7 Å². The summed E-state index contributed by atoms with van der Waals surface area (Å²) in [5, 5.41) is 71.1. The van der Waals surface area contributed by atoms with E-state index in [0.717, 1.165) is 39.8 Å². The predicted molar refractivity (Wildman–Crippen MR) is 517 cm³/mol. The molecule has 15 N–H and O–H groups in total. The van der Waals surface area contributed by atoms with E-state index in [0.29, 0.717) is 132 Å². The summed E-state index contributed by atoms with van der Waals surface area (Å²) in [6.45, 7) is 12.0. The van der Waals surface area contributed by atoms with Crippen LogP contribution in [0.3, 0.4) is 0 Å². The molecule has 34 heteroatoms. The number of aryl methyl sites for hydroxylation is 2. The minimum Gasteiger partial charge on any atom is -0.508 e. The minimum absolute atomic E-state index is 0.00507. The van der Waals surface area contributed by atoms with Crippen LogP contribution in [0.15, 0.2) is 163 Å². The van der Waals surface area contributed by atoms with Crippen LogP contribution >= 0.6 is 12.2 Å². The van der Waals surface area contributed by atoms with Crippen LogP contribution in [0.4, 0.5) is 16.2 Å². The number of amides is 8. The number of carbonyl (C=O) groups excluding carboxylic acids is 11.